The lowest BCUT2D eigenvalue weighted by atomic mass is 9.65. The van der Waals surface area contributed by atoms with Crippen LogP contribution >= 0.6 is 0 Å². The molecule has 1 saturated carbocycles. The van der Waals surface area contributed by atoms with Gasteiger partial charge in [0, 0.05) is 39.3 Å². The first-order valence-electron chi connectivity index (χ1n) is 18.4. The zero-order valence-corrected chi connectivity index (χ0v) is 29.1. The molecule has 1 fully saturated rings. The number of hydrogen-bond acceptors (Lipinski definition) is 3. The molecule has 1 aliphatic carbocycles. The van der Waals surface area contributed by atoms with Crippen LogP contribution in [0.5, 0.6) is 0 Å². The van der Waals surface area contributed by atoms with Crippen molar-refractivity contribution in [3.8, 4) is 56.2 Å². The molecule has 3 heteroatoms. The topological polar surface area (TPSA) is 38.7 Å². The van der Waals surface area contributed by atoms with Crippen LogP contribution in [-0.4, -0.2) is 15.0 Å². The minimum Gasteiger partial charge on any atom is -0.256 e. The fraction of sp³-hybridized carbons (Fsp3) is 0.122. The van der Waals surface area contributed by atoms with Crippen LogP contribution in [0.1, 0.15) is 43.2 Å². The zero-order valence-electron chi connectivity index (χ0n) is 29.1. The lowest BCUT2D eigenvalue weighted by Crippen LogP contribution is -2.30. The van der Waals surface area contributed by atoms with Crippen molar-refractivity contribution in [2.24, 2.45) is 0 Å². The summed E-state index contributed by atoms with van der Waals surface area (Å²) >= 11 is 0. The van der Waals surface area contributed by atoms with Crippen LogP contribution < -0.4 is 0 Å². The summed E-state index contributed by atoms with van der Waals surface area (Å²) in [4.78, 5) is 14.9. The van der Waals surface area contributed by atoms with Gasteiger partial charge in [-0.3, -0.25) is 4.98 Å². The monoisotopic (exact) mass is 669 g/mol. The first kappa shape index (κ1) is 31.8. The largest absolute Gasteiger partial charge is 0.256 e. The normalized spacial score (nSPS) is 13.9. The third-order valence-electron chi connectivity index (χ3n) is 10.9. The Kier molecular flexibility index (Phi) is 8.46. The second-order valence-electron chi connectivity index (χ2n) is 13.9. The third-order valence-corrected chi connectivity index (χ3v) is 10.9. The summed E-state index contributed by atoms with van der Waals surface area (Å²) in [6.07, 6.45) is 7.93. The predicted molar refractivity (Wildman–Crippen MR) is 215 cm³/mol. The van der Waals surface area contributed by atoms with Gasteiger partial charge in [-0.25, -0.2) is 9.97 Å². The van der Waals surface area contributed by atoms with Gasteiger partial charge >= 0.3 is 0 Å². The Morgan fingerprint density at radius 2 is 0.923 bits per heavy atom. The van der Waals surface area contributed by atoms with E-state index in [1.807, 2.05) is 30.5 Å². The second-order valence-corrected chi connectivity index (χ2v) is 13.9. The Balaban J connectivity index is 1.07. The quantitative estimate of drug-likeness (QED) is 0.169. The first-order chi connectivity index (χ1) is 25.7. The lowest BCUT2D eigenvalue weighted by molar-refractivity contribution is 0.346. The van der Waals surface area contributed by atoms with Crippen molar-refractivity contribution in [2.45, 2.75) is 37.5 Å². The molecule has 0 saturated heterocycles. The van der Waals surface area contributed by atoms with Gasteiger partial charge in [0.25, 0.3) is 0 Å². The summed E-state index contributed by atoms with van der Waals surface area (Å²) in [6.45, 7) is 0. The molecule has 8 aromatic rings. The lowest BCUT2D eigenvalue weighted by Gasteiger charge is -2.39. The van der Waals surface area contributed by atoms with E-state index in [0.717, 1.165) is 52.3 Å². The number of aromatic nitrogens is 3. The average Bonchev–Trinajstić information content (AvgIpc) is 3.24. The molecule has 0 amide bonds. The van der Waals surface area contributed by atoms with Gasteiger partial charge in [0.05, 0.1) is 16.9 Å². The van der Waals surface area contributed by atoms with Gasteiger partial charge < -0.3 is 0 Å². The summed E-state index contributed by atoms with van der Waals surface area (Å²) in [6, 6.07) is 60.7. The van der Waals surface area contributed by atoms with Crippen molar-refractivity contribution >= 4 is 10.9 Å². The van der Waals surface area contributed by atoms with E-state index in [1.165, 1.54) is 58.0 Å². The number of nitrogens with zero attached hydrogens (tertiary/aromatic N) is 3. The predicted octanol–water partition coefficient (Wildman–Crippen LogP) is 12.6. The summed E-state index contributed by atoms with van der Waals surface area (Å²) < 4.78 is 0. The maximum atomic E-state index is 5.13. The highest BCUT2D eigenvalue weighted by Crippen LogP contribution is 2.46. The number of rotatable bonds is 7. The molecule has 1 aliphatic rings. The van der Waals surface area contributed by atoms with Crippen molar-refractivity contribution in [3.05, 3.63) is 187 Å². The average molecular weight is 670 g/mol. The Morgan fingerprint density at radius 3 is 1.56 bits per heavy atom. The molecule has 250 valence electrons. The second kappa shape index (κ2) is 13.8. The van der Waals surface area contributed by atoms with Crippen molar-refractivity contribution in [2.75, 3.05) is 0 Å². The minimum atomic E-state index is -0.0150. The van der Waals surface area contributed by atoms with Gasteiger partial charge in [-0.05, 0) is 52.8 Å². The van der Waals surface area contributed by atoms with Crippen LogP contribution in [0.4, 0.5) is 0 Å². The molecule has 0 N–H and O–H groups in total. The van der Waals surface area contributed by atoms with Crippen LogP contribution in [0.2, 0.25) is 0 Å². The third kappa shape index (κ3) is 6.09. The van der Waals surface area contributed by atoms with Crippen molar-refractivity contribution in [3.63, 3.8) is 0 Å². The van der Waals surface area contributed by atoms with E-state index in [-0.39, 0.29) is 5.41 Å². The van der Waals surface area contributed by atoms with E-state index in [9.17, 15) is 0 Å². The zero-order chi connectivity index (χ0) is 34.7. The van der Waals surface area contributed by atoms with Crippen molar-refractivity contribution in [1.82, 2.24) is 15.0 Å². The molecule has 9 rings (SSSR count). The van der Waals surface area contributed by atoms with Crippen molar-refractivity contribution < 1.29 is 0 Å². The molecule has 6 aromatic carbocycles. The van der Waals surface area contributed by atoms with E-state index in [1.54, 1.807) is 0 Å². The molecule has 0 atom stereocenters. The Morgan fingerprint density at radius 1 is 0.404 bits per heavy atom. The first-order valence-corrected chi connectivity index (χ1v) is 18.4. The maximum absolute atomic E-state index is 5.13. The number of pyridine rings is 1. The fourth-order valence-electron chi connectivity index (χ4n) is 8.09. The molecule has 52 heavy (non-hydrogen) atoms. The molecule has 0 aliphatic heterocycles. The molecular formula is C49H39N3. The smallest absolute Gasteiger partial charge is 0.160 e. The highest BCUT2D eigenvalue weighted by molar-refractivity contribution is 5.93. The van der Waals surface area contributed by atoms with Gasteiger partial charge in [-0.15, -0.1) is 0 Å². The van der Waals surface area contributed by atoms with Crippen LogP contribution in [0, 0.1) is 0 Å². The van der Waals surface area contributed by atoms with Crippen molar-refractivity contribution in [1.29, 1.82) is 0 Å². The molecule has 0 spiro atoms. The van der Waals surface area contributed by atoms with Gasteiger partial charge in [-0.1, -0.05) is 177 Å². The van der Waals surface area contributed by atoms with E-state index in [0.29, 0.717) is 0 Å². The Hall–Kier alpha value is -6.19. The number of fused-ring (bicyclic) bond motifs is 1. The van der Waals surface area contributed by atoms with E-state index >= 15 is 0 Å². The van der Waals surface area contributed by atoms with E-state index in [2.05, 4.69) is 146 Å². The highest BCUT2D eigenvalue weighted by atomic mass is 14.9. The van der Waals surface area contributed by atoms with Gasteiger partial charge in [-0.2, -0.15) is 0 Å². The molecule has 2 heterocycles. The summed E-state index contributed by atoms with van der Waals surface area (Å²) in [5.74, 6) is 0.731. The fourth-order valence-corrected chi connectivity index (χ4v) is 8.09. The van der Waals surface area contributed by atoms with E-state index < -0.39 is 0 Å². The van der Waals surface area contributed by atoms with Crippen LogP contribution in [0.25, 0.3) is 67.1 Å². The Bertz CT molecular complexity index is 2440. The number of hydrogen-bond donors (Lipinski definition) is 0. The molecular weight excluding hydrogens is 631 g/mol. The summed E-state index contributed by atoms with van der Waals surface area (Å²) in [5, 5.41) is 1.17. The number of para-hydroxylation sites is 1. The highest BCUT2D eigenvalue weighted by Gasteiger charge is 2.35. The molecule has 3 nitrogen and oxygen atoms in total. The minimum absolute atomic E-state index is 0.0150. The van der Waals surface area contributed by atoms with Gasteiger partial charge in [0.15, 0.2) is 5.82 Å². The summed E-state index contributed by atoms with van der Waals surface area (Å²) in [5.41, 5.74) is 13.6. The van der Waals surface area contributed by atoms with Gasteiger partial charge in [0.2, 0.25) is 0 Å². The van der Waals surface area contributed by atoms with Gasteiger partial charge in [0.1, 0.15) is 0 Å². The van der Waals surface area contributed by atoms with Crippen LogP contribution in [0.15, 0.2) is 176 Å². The van der Waals surface area contributed by atoms with E-state index in [4.69, 9.17) is 15.0 Å². The molecule has 0 bridgehead atoms. The Labute approximate surface area is 305 Å². The van der Waals surface area contributed by atoms with Crippen LogP contribution in [-0.2, 0) is 5.41 Å². The molecule has 0 radical (unpaired) electrons. The molecule has 0 unspecified atom stereocenters. The number of benzene rings is 6. The van der Waals surface area contributed by atoms with Crippen LogP contribution in [0.3, 0.4) is 0 Å². The maximum Gasteiger partial charge on any atom is 0.160 e. The SMILES string of the molecule is c1ccc(-c2ccc(-c3cc(-c4ccc(C5(c6ccc(-c7cccc8cccnc78)cc6)CCCCC5)cc4)nc(-c4ccccc4)n3)cc2)cc1. The standard InChI is InChI=1S/C49H39N3/c1-4-12-35(13-5-1)36-19-21-38(22-20-36)45-34-46(52-48(51-45)41-14-6-2-7-15-41)39-25-29-43(30-26-39)49(31-8-3-9-32-49)42-27-23-37(24-28-42)44-18-10-16-40-17-11-33-50-47(40)44/h1-2,4-7,10-30,33-34H,3,8-9,31-32H2. The summed E-state index contributed by atoms with van der Waals surface area (Å²) in [7, 11) is 0. The molecule has 2 aromatic heterocycles.